The quantitative estimate of drug-likeness (QED) is 0.537. The van der Waals surface area contributed by atoms with E-state index in [2.05, 4.69) is 32.3 Å². The summed E-state index contributed by atoms with van der Waals surface area (Å²) in [5, 5.41) is 9.07. The number of H-pyrrole nitrogens is 1. The molecule has 0 saturated heterocycles. The van der Waals surface area contributed by atoms with Crippen molar-refractivity contribution in [2.75, 3.05) is 0 Å². The van der Waals surface area contributed by atoms with Crippen LogP contribution in [0.2, 0.25) is 0 Å². The lowest BCUT2D eigenvalue weighted by Gasteiger charge is -2.01. The summed E-state index contributed by atoms with van der Waals surface area (Å²) in [5.41, 5.74) is 5.73. The van der Waals surface area contributed by atoms with Crippen LogP contribution in [-0.2, 0) is 13.6 Å². The third-order valence-corrected chi connectivity index (χ3v) is 4.47. The summed E-state index contributed by atoms with van der Waals surface area (Å²) in [6, 6.07) is 14.1. The molecule has 1 N–H and O–H groups in total. The van der Waals surface area contributed by atoms with Crippen molar-refractivity contribution in [3.05, 3.63) is 72.8 Å². The lowest BCUT2D eigenvalue weighted by Crippen LogP contribution is -2.02. The molecule has 0 aliphatic carbocycles. The second kappa shape index (κ2) is 6.21. The van der Waals surface area contributed by atoms with E-state index in [0.717, 1.165) is 39.4 Å². The zero-order chi connectivity index (χ0) is 18.2. The van der Waals surface area contributed by atoms with Crippen LogP contribution in [-0.4, -0.2) is 34.5 Å². The van der Waals surface area contributed by atoms with Gasteiger partial charge in [-0.2, -0.15) is 10.2 Å². The maximum Gasteiger partial charge on any atom is 0.177 e. The highest BCUT2D eigenvalue weighted by Crippen LogP contribution is 2.30. The molecular weight excluding hydrogens is 338 g/mol. The number of rotatable bonds is 4. The number of hydrogen-bond donors (Lipinski definition) is 1. The first-order chi connectivity index (χ1) is 13.3. The Kier molecular flexibility index (Phi) is 3.57. The number of pyridine rings is 1. The number of imidazole rings is 1. The number of aryl methyl sites for hydroxylation is 1. The van der Waals surface area contributed by atoms with Gasteiger partial charge in [0.05, 0.1) is 18.3 Å². The van der Waals surface area contributed by atoms with E-state index in [1.54, 1.807) is 12.4 Å². The van der Waals surface area contributed by atoms with Crippen LogP contribution >= 0.6 is 0 Å². The molecule has 1 aromatic carbocycles. The molecule has 0 bridgehead atoms. The van der Waals surface area contributed by atoms with Gasteiger partial charge in [0.15, 0.2) is 5.65 Å². The van der Waals surface area contributed by atoms with Crippen LogP contribution < -0.4 is 0 Å². The molecule has 4 aromatic heterocycles. The van der Waals surface area contributed by atoms with E-state index in [1.165, 1.54) is 0 Å². The van der Waals surface area contributed by atoms with Crippen LogP contribution in [0.25, 0.3) is 33.8 Å². The van der Waals surface area contributed by atoms with E-state index < -0.39 is 0 Å². The highest BCUT2D eigenvalue weighted by atomic mass is 15.3. The smallest absolute Gasteiger partial charge is 0.177 e. The van der Waals surface area contributed by atoms with Gasteiger partial charge in [-0.25, -0.2) is 9.67 Å². The molecular formula is C20H17N7. The van der Waals surface area contributed by atoms with Crippen molar-refractivity contribution < 1.29 is 0 Å². The van der Waals surface area contributed by atoms with Crippen molar-refractivity contribution in [2.45, 2.75) is 6.54 Å². The second-order valence-electron chi connectivity index (χ2n) is 6.42. The van der Waals surface area contributed by atoms with Crippen LogP contribution in [0.15, 0.2) is 67.3 Å². The molecule has 0 unspecified atom stereocenters. The summed E-state index contributed by atoms with van der Waals surface area (Å²) in [7, 11) is 1.92. The number of aromatic nitrogens is 7. The topological polar surface area (TPSA) is 77.2 Å². The molecule has 4 heterocycles. The third kappa shape index (κ3) is 2.79. The molecule has 0 fully saturated rings. The van der Waals surface area contributed by atoms with Crippen LogP contribution in [0.4, 0.5) is 0 Å². The largest absolute Gasteiger partial charge is 0.335 e. The minimum Gasteiger partial charge on any atom is -0.335 e. The predicted molar refractivity (Wildman–Crippen MR) is 103 cm³/mol. The monoisotopic (exact) mass is 355 g/mol. The Labute approximate surface area is 155 Å². The molecule has 0 amide bonds. The van der Waals surface area contributed by atoms with E-state index in [1.807, 2.05) is 59.1 Å². The average molecular weight is 355 g/mol. The molecule has 5 aromatic rings. The summed E-state index contributed by atoms with van der Waals surface area (Å²) in [5.74, 6) is 0.786. The number of benzene rings is 1. The molecule has 0 aliphatic heterocycles. The average Bonchev–Trinajstić information content (AvgIpc) is 3.38. The summed E-state index contributed by atoms with van der Waals surface area (Å²) < 4.78 is 3.69. The standard InChI is InChI=1S/C20H17N7/c1-26-13-16(18(25-26)15-7-3-2-4-8-15)19-23-17-11-22-27(20(17)24-19)12-14-6-5-9-21-10-14/h2-11,13H,12H2,1H3,(H,23,24). The number of fused-ring (bicyclic) bond motifs is 1. The summed E-state index contributed by atoms with van der Waals surface area (Å²) in [6.07, 6.45) is 7.40. The minimum absolute atomic E-state index is 0.625. The van der Waals surface area contributed by atoms with Crippen molar-refractivity contribution in [3.8, 4) is 22.6 Å². The van der Waals surface area contributed by atoms with Crippen molar-refractivity contribution in [3.63, 3.8) is 0 Å². The molecule has 0 aliphatic rings. The maximum absolute atomic E-state index is 4.81. The molecule has 0 saturated carbocycles. The van der Waals surface area contributed by atoms with Crippen LogP contribution in [0.1, 0.15) is 5.56 Å². The Bertz CT molecular complexity index is 1200. The lowest BCUT2D eigenvalue weighted by atomic mass is 10.1. The normalized spacial score (nSPS) is 11.3. The molecule has 7 nitrogen and oxygen atoms in total. The predicted octanol–water partition coefficient (Wildman–Crippen LogP) is 3.27. The molecule has 132 valence electrons. The highest BCUT2D eigenvalue weighted by molar-refractivity contribution is 5.82. The van der Waals surface area contributed by atoms with Gasteiger partial charge < -0.3 is 4.98 Å². The number of hydrogen-bond acceptors (Lipinski definition) is 4. The van der Waals surface area contributed by atoms with Crippen molar-refractivity contribution in [1.82, 2.24) is 34.5 Å². The molecule has 27 heavy (non-hydrogen) atoms. The van der Waals surface area contributed by atoms with Crippen molar-refractivity contribution in [2.24, 2.45) is 7.05 Å². The molecule has 0 spiro atoms. The van der Waals surface area contributed by atoms with Gasteiger partial charge in [0.25, 0.3) is 0 Å². The first-order valence-electron chi connectivity index (χ1n) is 8.68. The number of nitrogens with zero attached hydrogens (tertiary/aromatic N) is 6. The first kappa shape index (κ1) is 15.5. The van der Waals surface area contributed by atoms with Gasteiger partial charge in [-0.1, -0.05) is 36.4 Å². The van der Waals surface area contributed by atoms with E-state index >= 15 is 0 Å². The van der Waals surface area contributed by atoms with Crippen LogP contribution in [0.5, 0.6) is 0 Å². The number of aromatic amines is 1. The molecule has 5 rings (SSSR count). The minimum atomic E-state index is 0.625. The summed E-state index contributed by atoms with van der Waals surface area (Å²) in [4.78, 5) is 12.4. The number of nitrogens with one attached hydrogen (secondary N) is 1. The van der Waals surface area contributed by atoms with Gasteiger partial charge in [-0.3, -0.25) is 9.67 Å². The van der Waals surface area contributed by atoms with E-state index in [0.29, 0.717) is 6.54 Å². The lowest BCUT2D eigenvalue weighted by molar-refractivity contribution is 0.702. The Morgan fingerprint density at radius 3 is 2.74 bits per heavy atom. The Balaban J connectivity index is 1.57. The fourth-order valence-electron chi connectivity index (χ4n) is 3.23. The van der Waals surface area contributed by atoms with Gasteiger partial charge >= 0.3 is 0 Å². The van der Waals surface area contributed by atoms with Gasteiger partial charge in [0.2, 0.25) is 0 Å². The molecule has 7 heteroatoms. The second-order valence-corrected chi connectivity index (χ2v) is 6.42. The van der Waals surface area contributed by atoms with Crippen LogP contribution in [0.3, 0.4) is 0 Å². The van der Waals surface area contributed by atoms with E-state index in [4.69, 9.17) is 4.98 Å². The van der Waals surface area contributed by atoms with Gasteiger partial charge in [-0.05, 0) is 11.6 Å². The Hall–Kier alpha value is -3.74. The first-order valence-corrected chi connectivity index (χ1v) is 8.68. The third-order valence-electron chi connectivity index (χ3n) is 4.47. The zero-order valence-electron chi connectivity index (χ0n) is 14.7. The van der Waals surface area contributed by atoms with Gasteiger partial charge in [0.1, 0.15) is 17.0 Å². The molecule has 0 atom stereocenters. The zero-order valence-corrected chi connectivity index (χ0v) is 14.7. The van der Waals surface area contributed by atoms with Gasteiger partial charge in [0, 0.05) is 31.2 Å². The van der Waals surface area contributed by atoms with E-state index in [9.17, 15) is 0 Å². The fraction of sp³-hybridized carbons (Fsp3) is 0.100. The fourth-order valence-corrected chi connectivity index (χ4v) is 3.23. The Morgan fingerprint density at radius 2 is 1.93 bits per heavy atom. The maximum atomic E-state index is 4.81. The summed E-state index contributed by atoms with van der Waals surface area (Å²) >= 11 is 0. The van der Waals surface area contributed by atoms with Crippen molar-refractivity contribution >= 4 is 11.2 Å². The Morgan fingerprint density at radius 1 is 1.04 bits per heavy atom. The van der Waals surface area contributed by atoms with Crippen LogP contribution in [0, 0.1) is 0 Å². The van der Waals surface area contributed by atoms with Crippen molar-refractivity contribution in [1.29, 1.82) is 0 Å². The molecule has 0 radical (unpaired) electrons. The summed E-state index contributed by atoms with van der Waals surface area (Å²) in [6.45, 7) is 0.625. The SMILES string of the molecule is Cn1cc(-c2nc3c(cnn3Cc3cccnc3)[nH]2)c(-c2ccccc2)n1. The van der Waals surface area contributed by atoms with E-state index in [-0.39, 0.29) is 0 Å². The van der Waals surface area contributed by atoms with Gasteiger partial charge in [-0.15, -0.1) is 0 Å². The highest BCUT2D eigenvalue weighted by Gasteiger charge is 2.17.